The molecule has 2 aromatic heterocycles. The van der Waals surface area contributed by atoms with Gasteiger partial charge in [0.15, 0.2) is 11.2 Å². The fourth-order valence-corrected chi connectivity index (χ4v) is 2.96. The lowest BCUT2D eigenvalue weighted by Gasteiger charge is -2.24. The topological polar surface area (TPSA) is 110 Å². The van der Waals surface area contributed by atoms with E-state index in [-0.39, 0.29) is 23.0 Å². The van der Waals surface area contributed by atoms with E-state index < -0.39 is 17.2 Å². The van der Waals surface area contributed by atoms with E-state index in [1.807, 2.05) is 0 Å². The van der Waals surface area contributed by atoms with Gasteiger partial charge in [-0.3, -0.25) is 13.9 Å². The Bertz CT molecular complexity index is 823. The molecule has 0 spiro atoms. The number of nitrogens with one attached hydrogen (secondary N) is 1. The standard InChI is InChI=1S/C13H16N4O4/c1-16-11(18)8-10(15-9(14-8)12(19)20)17(13(16)21)7-5-3-2-4-6-7/h7H,2-6H2,1H3,(H,14,15)(H,19,20). The molecule has 0 aliphatic heterocycles. The first-order valence-electron chi connectivity index (χ1n) is 6.95. The minimum Gasteiger partial charge on any atom is -0.475 e. The average Bonchev–Trinajstić information content (AvgIpc) is 2.91. The Morgan fingerprint density at radius 2 is 1.95 bits per heavy atom. The molecule has 1 fully saturated rings. The molecule has 0 unspecified atom stereocenters. The van der Waals surface area contributed by atoms with Gasteiger partial charge < -0.3 is 10.1 Å². The molecule has 0 amide bonds. The maximum Gasteiger partial charge on any atom is 0.371 e. The van der Waals surface area contributed by atoms with Gasteiger partial charge in [-0.15, -0.1) is 0 Å². The minimum absolute atomic E-state index is 0.0366. The molecule has 8 heteroatoms. The van der Waals surface area contributed by atoms with E-state index in [1.165, 1.54) is 11.6 Å². The molecule has 112 valence electrons. The monoisotopic (exact) mass is 292 g/mol. The van der Waals surface area contributed by atoms with E-state index in [2.05, 4.69) is 9.97 Å². The van der Waals surface area contributed by atoms with E-state index in [4.69, 9.17) is 5.11 Å². The number of imidazole rings is 1. The van der Waals surface area contributed by atoms with Crippen LogP contribution in [0.4, 0.5) is 0 Å². The largest absolute Gasteiger partial charge is 0.475 e. The van der Waals surface area contributed by atoms with Crippen molar-refractivity contribution < 1.29 is 9.90 Å². The van der Waals surface area contributed by atoms with Crippen molar-refractivity contribution in [1.82, 2.24) is 19.1 Å². The first kappa shape index (κ1) is 13.6. The molecular formula is C13H16N4O4. The third-order valence-electron chi connectivity index (χ3n) is 4.07. The number of hydrogen-bond acceptors (Lipinski definition) is 4. The van der Waals surface area contributed by atoms with Gasteiger partial charge in [-0.05, 0) is 12.8 Å². The highest BCUT2D eigenvalue weighted by molar-refractivity contribution is 5.87. The lowest BCUT2D eigenvalue weighted by Crippen LogP contribution is -2.40. The van der Waals surface area contributed by atoms with Crippen LogP contribution in [0.1, 0.15) is 48.8 Å². The quantitative estimate of drug-likeness (QED) is 0.843. The van der Waals surface area contributed by atoms with Crippen LogP contribution in [0, 0.1) is 0 Å². The summed E-state index contributed by atoms with van der Waals surface area (Å²) in [6, 6.07) is -0.0366. The van der Waals surface area contributed by atoms with Gasteiger partial charge in [0.2, 0.25) is 5.82 Å². The molecule has 1 aliphatic rings. The minimum atomic E-state index is -1.25. The van der Waals surface area contributed by atoms with Gasteiger partial charge in [-0.2, -0.15) is 0 Å². The van der Waals surface area contributed by atoms with Crippen molar-refractivity contribution in [1.29, 1.82) is 0 Å². The first-order valence-corrected chi connectivity index (χ1v) is 6.95. The van der Waals surface area contributed by atoms with E-state index >= 15 is 0 Å². The fraction of sp³-hybridized carbons (Fsp3) is 0.538. The van der Waals surface area contributed by atoms with Crippen LogP contribution in [0.3, 0.4) is 0 Å². The SMILES string of the molecule is Cn1c(=O)c2[nH]c(C(=O)O)nc2n(C2CCCCC2)c1=O. The summed E-state index contributed by atoms with van der Waals surface area (Å²) in [5.74, 6) is -1.58. The molecule has 0 aromatic carbocycles. The first-order chi connectivity index (χ1) is 10.0. The van der Waals surface area contributed by atoms with Crippen LogP contribution in [0.15, 0.2) is 9.59 Å². The van der Waals surface area contributed by atoms with Crippen LogP contribution < -0.4 is 11.2 Å². The molecule has 1 saturated carbocycles. The van der Waals surface area contributed by atoms with Gasteiger partial charge in [-0.25, -0.2) is 14.6 Å². The third-order valence-corrected chi connectivity index (χ3v) is 4.07. The molecule has 0 atom stereocenters. The zero-order valence-corrected chi connectivity index (χ0v) is 11.6. The van der Waals surface area contributed by atoms with Crippen LogP contribution in [-0.2, 0) is 7.05 Å². The lowest BCUT2D eigenvalue weighted by molar-refractivity contribution is 0.0685. The van der Waals surface area contributed by atoms with Crippen LogP contribution >= 0.6 is 0 Å². The van der Waals surface area contributed by atoms with Crippen LogP contribution in [0.5, 0.6) is 0 Å². The highest BCUT2D eigenvalue weighted by Gasteiger charge is 2.24. The molecule has 2 N–H and O–H groups in total. The summed E-state index contributed by atoms with van der Waals surface area (Å²) in [5.41, 5.74) is -0.780. The Morgan fingerprint density at radius 3 is 2.57 bits per heavy atom. The number of hydrogen-bond donors (Lipinski definition) is 2. The van der Waals surface area contributed by atoms with Crippen LogP contribution in [-0.4, -0.2) is 30.2 Å². The number of nitrogens with zero attached hydrogens (tertiary/aromatic N) is 3. The predicted octanol–water partition coefficient (Wildman–Crippen LogP) is 0.627. The lowest BCUT2D eigenvalue weighted by atomic mass is 9.95. The van der Waals surface area contributed by atoms with Gasteiger partial charge in [0.05, 0.1) is 0 Å². The van der Waals surface area contributed by atoms with Gasteiger partial charge in [0.1, 0.15) is 0 Å². The van der Waals surface area contributed by atoms with E-state index in [9.17, 15) is 14.4 Å². The molecule has 0 bridgehead atoms. The molecule has 2 heterocycles. The van der Waals surface area contributed by atoms with Gasteiger partial charge >= 0.3 is 11.7 Å². The molecule has 0 saturated heterocycles. The molecule has 0 radical (unpaired) electrons. The number of carboxylic acids is 1. The molecule has 8 nitrogen and oxygen atoms in total. The second kappa shape index (κ2) is 4.87. The Hall–Kier alpha value is -2.38. The van der Waals surface area contributed by atoms with Crippen molar-refractivity contribution in [3.8, 4) is 0 Å². The summed E-state index contributed by atoms with van der Waals surface area (Å²) in [7, 11) is 1.39. The maximum atomic E-state index is 12.4. The normalized spacial score (nSPS) is 16.4. The summed E-state index contributed by atoms with van der Waals surface area (Å²) >= 11 is 0. The van der Waals surface area contributed by atoms with Crippen LogP contribution in [0.25, 0.3) is 11.2 Å². The van der Waals surface area contributed by atoms with Gasteiger partial charge in [-0.1, -0.05) is 19.3 Å². The Balaban J connectivity index is 2.33. The number of aromatic nitrogens is 4. The maximum absolute atomic E-state index is 12.4. The molecular weight excluding hydrogens is 276 g/mol. The smallest absolute Gasteiger partial charge is 0.371 e. The average molecular weight is 292 g/mol. The predicted molar refractivity (Wildman–Crippen MR) is 74.7 cm³/mol. The number of rotatable bonds is 2. The summed E-state index contributed by atoms with van der Waals surface area (Å²) in [6.45, 7) is 0. The van der Waals surface area contributed by atoms with Crippen molar-refractivity contribution in [2.45, 2.75) is 38.1 Å². The van der Waals surface area contributed by atoms with Crippen molar-refractivity contribution in [3.05, 3.63) is 26.7 Å². The highest BCUT2D eigenvalue weighted by Crippen LogP contribution is 2.28. The second-order valence-corrected chi connectivity index (χ2v) is 5.40. The summed E-state index contributed by atoms with van der Waals surface area (Å²) in [5, 5.41) is 9.03. The van der Waals surface area contributed by atoms with Crippen molar-refractivity contribution in [2.75, 3.05) is 0 Å². The number of carbonyl (C=O) groups is 1. The van der Waals surface area contributed by atoms with Crippen LogP contribution in [0.2, 0.25) is 0 Å². The fourth-order valence-electron chi connectivity index (χ4n) is 2.96. The Labute approximate surface area is 119 Å². The van der Waals surface area contributed by atoms with Gasteiger partial charge in [0.25, 0.3) is 5.56 Å². The zero-order valence-electron chi connectivity index (χ0n) is 11.6. The molecule has 21 heavy (non-hydrogen) atoms. The number of H-pyrrole nitrogens is 1. The number of aromatic amines is 1. The van der Waals surface area contributed by atoms with Gasteiger partial charge in [0, 0.05) is 13.1 Å². The number of carboxylic acid groups (broad SMARTS) is 1. The third kappa shape index (κ3) is 2.07. The van der Waals surface area contributed by atoms with Crippen molar-refractivity contribution >= 4 is 17.1 Å². The van der Waals surface area contributed by atoms with E-state index in [0.717, 1.165) is 36.7 Å². The molecule has 3 rings (SSSR count). The summed E-state index contributed by atoms with van der Waals surface area (Å²) in [4.78, 5) is 42.0. The van der Waals surface area contributed by atoms with Crippen molar-refractivity contribution in [3.63, 3.8) is 0 Å². The second-order valence-electron chi connectivity index (χ2n) is 5.40. The van der Waals surface area contributed by atoms with E-state index in [1.54, 1.807) is 0 Å². The zero-order chi connectivity index (χ0) is 15.1. The number of aromatic carboxylic acids is 1. The number of fused-ring (bicyclic) bond motifs is 1. The highest BCUT2D eigenvalue weighted by atomic mass is 16.4. The Kier molecular flexibility index (Phi) is 3.15. The van der Waals surface area contributed by atoms with E-state index in [0.29, 0.717) is 0 Å². The molecule has 1 aliphatic carbocycles. The summed E-state index contributed by atoms with van der Waals surface area (Å²) < 4.78 is 2.47. The summed E-state index contributed by atoms with van der Waals surface area (Å²) in [6.07, 6.45) is 4.82. The van der Waals surface area contributed by atoms with Crippen molar-refractivity contribution in [2.24, 2.45) is 7.05 Å². The Morgan fingerprint density at radius 1 is 1.29 bits per heavy atom. The molecule has 2 aromatic rings.